The third-order valence-electron chi connectivity index (χ3n) is 9.30. The number of esters is 1. The summed E-state index contributed by atoms with van der Waals surface area (Å²) in [4.78, 5) is 20.9. The van der Waals surface area contributed by atoms with Gasteiger partial charge in [-0.25, -0.2) is 14.2 Å². The number of anilines is 1. The summed E-state index contributed by atoms with van der Waals surface area (Å²) >= 11 is 0. The molecule has 0 saturated carbocycles. The van der Waals surface area contributed by atoms with Gasteiger partial charge in [0.25, 0.3) is 0 Å². The highest BCUT2D eigenvalue weighted by Gasteiger charge is 2.38. The standard InChI is InChI=1S/C40H52FN3O6/c1-25(2)24-48-19-20-49-40(8)15-17-43(18-16-40)37-34(35(38(46)47-9)50-39(5,6)7)26(3)27(4)36-42-32(23-44(36)37)29-12-10-11-28(21-29)31-22-30(41)13-14-33(31)45/h10-14,21-23,25,35,45H,15-20,24H2,1-9H3/t35-/m0/s1. The van der Waals surface area contributed by atoms with Crippen LogP contribution in [0.2, 0.25) is 0 Å². The lowest BCUT2D eigenvalue weighted by atomic mass is 9.92. The maximum atomic E-state index is 14.2. The molecular weight excluding hydrogens is 637 g/mol. The number of imidazole rings is 1. The van der Waals surface area contributed by atoms with E-state index in [4.69, 9.17) is 23.9 Å². The number of nitrogens with zero attached hydrogens (tertiary/aromatic N) is 3. The minimum atomic E-state index is -0.981. The van der Waals surface area contributed by atoms with Gasteiger partial charge in [-0.1, -0.05) is 32.0 Å². The fourth-order valence-electron chi connectivity index (χ4n) is 6.52. The zero-order chi connectivity index (χ0) is 36.4. The molecule has 5 rings (SSSR count). The van der Waals surface area contributed by atoms with Crippen LogP contribution in [-0.2, 0) is 23.7 Å². The summed E-state index contributed by atoms with van der Waals surface area (Å²) in [5, 5.41) is 10.5. The number of fused-ring (bicyclic) bond motifs is 1. The Morgan fingerprint density at radius 1 is 1.04 bits per heavy atom. The number of ether oxygens (including phenoxy) is 4. The molecule has 9 nitrogen and oxygen atoms in total. The Labute approximate surface area is 295 Å². The molecule has 10 heteroatoms. The summed E-state index contributed by atoms with van der Waals surface area (Å²) in [5.41, 5.74) is 4.91. The van der Waals surface area contributed by atoms with Gasteiger partial charge in [-0.2, -0.15) is 0 Å². The van der Waals surface area contributed by atoms with Crippen molar-refractivity contribution in [3.8, 4) is 28.1 Å². The summed E-state index contributed by atoms with van der Waals surface area (Å²) in [7, 11) is 1.38. The number of aromatic hydroxyl groups is 1. The van der Waals surface area contributed by atoms with Gasteiger partial charge in [0.15, 0.2) is 6.10 Å². The molecule has 0 bridgehead atoms. The van der Waals surface area contributed by atoms with E-state index in [0.717, 1.165) is 46.6 Å². The lowest BCUT2D eigenvalue weighted by molar-refractivity contribution is -0.164. The molecule has 1 aliphatic rings. The van der Waals surface area contributed by atoms with Crippen LogP contribution in [0.3, 0.4) is 0 Å². The monoisotopic (exact) mass is 689 g/mol. The van der Waals surface area contributed by atoms with Crippen molar-refractivity contribution in [2.45, 2.75) is 85.5 Å². The molecule has 2 aromatic heterocycles. The number of aromatic nitrogens is 2. The first-order valence-corrected chi connectivity index (χ1v) is 17.4. The number of carbonyl (C=O) groups is 1. The lowest BCUT2D eigenvalue weighted by Gasteiger charge is -2.42. The van der Waals surface area contributed by atoms with Crippen molar-refractivity contribution in [3.63, 3.8) is 0 Å². The number of halogens is 1. The van der Waals surface area contributed by atoms with Crippen molar-refractivity contribution in [2.24, 2.45) is 5.92 Å². The van der Waals surface area contributed by atoms with Crippen LogP contribution in [0.4, 0.5) is 10.2 Å². The summed E-state index contributed by atoms with van der Waals surface area (Å²) in [5.74, 6) is 0.386. The molecule has 1 N–H and O–H groups in total. The Bertz CT molecular complexity index is 1820. The molecule has 0 spiro atoms. The van der Waals surface area contributed by atoms with Crippen molar-refractivity contribution in [3.05, 3.63) is 71.2 Å². The van der Waals surface area contributed by atoms with Gasteiger partial charge < -0.3 is 29.0 Å². The van der Waals surface area contributed by atoms with Crippen LogP contribution < -0.4 is 4.90 Å². The highest BCUT2D eigenvalue weighted by Crippen LogP contribution is 2.41. The van der Waals surface area contributed by atoms with Crippen molar-refractivity contribution >= 4 is 17.4 Å². The van der Waals surface area contributed by atoms with E-state index in [1.54, 1.807) is 0 Å². The second-order valence-electron chi connectivity index (χ2n) is 14.9. The molecule has 3 heterocycles. The molecule has 1 fully saturated rings. The number of piperidine rings is 1. The maximum Gasteiger partial charge on any atom is 0.339 e. The summed E-state index contributed by atoms with van der Waals surface area (Å²) < 4.78 is 40.2. The van der Waals surface area contributed by atoms with Crippen LogP contribution in [0.15, 0.2) is 48.7 Å². The van der Waals surface area contributed by atoms with E-state index >= 15 is 0 Å². The van der Waals surface area contributed by atoms with Crippen LogP contribution in [0.5, 0.6) is 5.75 Å². The molecule has 1 aliphatic heterocycles. The predicted molar refractivity (Wildman–Crippen MR) is 194 cm³/mol. The number of phenols is 1. The molecule has 270 valence electrons. The van der Waals surface area contributed by atoms with Gasteiger partial charge in [-0.3, -0.25) is 4.40 Å². The normalized spacial score (nSPS) is 15.5. The molecule has 2 aromatic carbocycles. The van der Waals surface area contributed by atoms with Crippen molar-refractivity contribution in [2.75, 3.05) is 44.9 Å². The third kappa shape index (κ3) is 8.30. The Morgan fingerprint density at radius 2 is 1.74 bits per heavy atom. The van der Waals surface area contributed by atoms with Gasteiger partial charge in [0, 0.05) is 42.6 Å². The Kier molecular flexibility index (Phi) is 11.2. The van der Waals surface area contributed by atoms with Gasteiger partial charge >= 0.3 is 5.97 Å². The first-order valence-electron chi connectivity index (χ1n) is 17.4. The zero-order valence-electron chi connectivity index (χ0n) is 30.9. The van der Waals surface area contributed by atoms with Crippen LogP contribution in [-0.4, -0.2) is 71.7 Å². The van der Waals surface area contributed by atoms with Gasteiger partial charge in [0.1, 0.15) is 23.0 Å². The largest absolute Gasteiger partial charge is 0.507 e. The second kappa shape index (κ2) is 15.1. The van der Waals surface area contributed by atoms with Crippen molar-refractivity contribution < 1.29 is 33.2 Å². The molecule has 50 heavy (non-hydrogen) atoms. The minimum absolute atomic E-state index is 0.00573. The highest BCUT2D eigenvalue weighted by atomic mass is 19.1. The van der Waals surface area contributed by atoms with Crippen molar-refractivity contribution in [1.82, 2.24) is 9.38 Å². The zero-order valence-corrected chi connectivity index (χ0v) is 30.9. The average molecular weight is 690 g/mol. The molecular formula is C40H52FN3O6. The molecule has 1 atom stereocenters. The molecule has 0 amide bonds. The van der Waals surface area contributed by atoms with E-state index in [2.05, 4.69) is 30.1 Å². The highest BCUT2D eigenvalue weighted by molar-refractivity contribution is 5.82. The second-order valence-corrected chi connectivity index (χ2v) is 14.9. The number of hydrogen-bond donors (Lipinski definition) is 1. The smallest absolute Gasteiger partial charge is 0.339 e. The van der Waals surface area contributed by atoms with Crippen molar-refractivity contribution in [1.29, 1.82) is 0 Å². The number of carbonyl (C=O) groups excluding carboxylic acids is 1. The predicted octanol–water partition coefficient (Wildman–Crippen LogP) is 8.21. The average Bonchev–Trinajstić information content (AvgIpc) is 3.52. The molecule has 4 aromatic rings. The SMILES string of the molecule is COC(=O)[C@@H](OC(C)(C)C)c1c(C)c(C)c2nc(-c3cccc(-c4cc(F)ccc4O)c3)cn2c1N1CCC(C)(OCCOCC(C)C)CC1. The van der Waals surface area contributed by atoms with Crippen LogP contribution in [0.25, 0.3) is 28.0 Å². The topological polar surface area (TPSA) is 94.8 Å². The lowest BCUT2D eigenvalue weighted by Crippen LogP contribution is -2.46. The molecule has 0 aliphatic carbocycles. The van der Waals surface area contributed by atoms with E-state index in [-0.39, 0.29) is 11.4 Å². The first-order chi connectivity index (χ1) is 23.6. The van der Waals surface area contributed by atoms with Crippen LogP contribution in [0, 0.1) is 25.6 Å². The number of benzene rings is 2. The van der Waals surface area contributed by atoms with Crippen LogP contribution in [0.1, 0.15) is 77.2 Å². The summed E-state index contributed by atoms with van der Waals surface area (Å²) in [6.45, 7) is 19.4. The van der Waals surface area contributed by atoms with Crippen LogP contribution >= 0.6 is 0 Å². The summed E-state index contributed by atoms with van der Waals surface area (Å²) in [6.07, 6.45) is 2.54. The Hall–Kier alpha value is -3.99. The third-order valence-corrected chi connectivity index (χ3v) is 9.30. The number of rotatable bonds is 12. The van der Waals surface area contributed by atoms with Gasteiger partial charge in [0.05, 0.1) is 37.2 Å². The fourth-order valence-corrected chi connectivity index (χ4v) is 6.52. The number of methoxy groups -OCH3 is 1. The Balaban J connectivity index is 1.59. The number of aryl methyl sites for hydroxylation is 1. The van der Waals surface area contributed by atoms with E-state index < -0.39 is 23.5 Å². The minimum Gasteiger partial charge on any atom is -0.507 e. The van der Waals surface area contributed by atoms with Gasteiger partial charge in [-0.15, -0.1) is 0 Å². The number of pyridine rings is 1. The molecule has 1 saturated heterocycles. The summed E-state index contributed by atoms with van der Waals surface area (Å²) in [6, 6.07) is 11.5. The number of hydrogen-bond acceptors (Lipinski definition) is 8. The van der Waals surface area contributed by atoms with E-state index in [9.17, 15) is 14.3 Å². The fraction of sp³-hybridized carbons (Fsp3) is 0.500. The quantitative estimate of drug-likeness (QED) is 0.118. The van der Waals surface area contributed by atoms with Gasteiger partial charge in [0.2, 0.25) is 0 Å². The number of phenolic OH excluding ortho intramolecular Hbond substituents is 1. The Morgan fingerprint density at radius 3 is 2.40 bits per heavy atom. The maximum absolute atomic E-state index is 14.2. The van der Waals surface area contributed by atoms with E-state index in [1.165, 1.54) is 25.3 Å². The van der Waals surface area contributed by atoms with E-state index in [0.29, 0.717) is 55.6 Å². The first kappa shape index (κ1) is 37.3. The van der Waals surface area contributed by atoms with Gasteiger partial charge in [-0.05, 0) is 101 Å². The molecule has 0 radical (unpaired) electrons. The molecule has 0 unspecified atom stereocenters. The van der Waals surface area contributed by atoms with E-state index in [1.807, 2.05) is 65.1 Å².